The number of nitrogens with one attached hydrogen (secondary N) is 1. The van der Waals surface area contributed by atoms with E-state index in [1.54, 1.807) is 13.0 Å². The molecule has 1 amide bonds. The molecule has 1 aromatic heterocycles. The van der Waals surface area contributed by atoms with Crippen molar-refractivity contribution in [2.45, 2.75) is 26.4 Å². The molecule has 0 aromatic carbocycles. The topological polar surface area (TPSA) is 81.2 Å². The Hall–Kier alpha value is -1.36. The number of nitrogens with zero attached hydrogens (tertiary/aromatic N) is 1. The highest BCUT2D eigenvalue weighted by Crippen LogP contribution is 2.00. The van der Waals surface area contributed by atoms with Gasteiger partial charge in [0.25, 0.3) is 0 Å². The minimum atomic E-state index is -0.496. The molecular formula is C8H13N3O2. The Balaban J connectivity index is 2.39. The molecule has 0 aliphatic heterocycles. The van der Waals surface area contributed by atoms with E-state index in [0.29, 0.717) is 12.3 Å². The molecule has 0 unspecified atom stereocenters. The molecular weight excluding hydrogens is 170 g/mol. The van der Waals surface area contributed by atoms with E-state index in [2.05, 4.69) is 10.5 Å². The monoisotopic (exact) mass is 183 g/mol. The summed E-state index contributed by atoms with van der Waals surface area (Å²) in [7, 11) is 0. The zero-order valence-electron chi connectivity index (χ0n) is 7.70. The van der Waals surface area contributed by atoms with Crippen LogP contribution in [0.4, 0.5) is 0 Å². The predicted molar refractivity (Wildman–Crippen MR) is 46.7 cm³/mol. The van der Waals surface area contributed by atoms with Crippen LogP contribution in [-0.2, 0) is 11.3 Å². The summed E-state index contributed by atoms with van der Waals surface area (Å²) in [6.45, 7) is 3.78. The van der Waals surface area contributed by atoms with E-state index in [9.17, 15) is 4.79 Å². The van der Waals surface area contributed by atoms with Gasteiger partial charge in [-0.05, 0) is 13.8 Å². The number of aryl methyl sites for hydroxylation is 1. The van der Waals surface area contributed by atoms with Gasteiger partial charge in [0, 0.05) is 6.07 Å². The first-order valence-electron chi connectivity index (χ1n) is 4.05. The Morgan fingerprint density at radius 3 is 3.00 bits per heavy atom. The van der Waals surface area contributed by atoms with Gasteiger partial charge in [-0.3, -0.25) is 4.79 Å². The van der Waals surface area contributed by atoms with Crippen LogP contribution in [0.3, 0.4) is 0 Å². The van der Waals surface area contributed by atoms with Crippen molar-refractivity contribution < 1.29 is 9.32 Å². The molecule has 0 aliphatic rings. The highest BCUT2D eigenvalue weighted by Gasteiger charge is 2.07. The molecule has 0 bridgehead atoms. The van der Waals surface area contributed by atoms with E-state index in [4.69, 9.17) is 10.3 Å². The summed E-state index contributed by atoms with van der Waals surface area (Å²) >= 11 is 0. The van der Waals surface area contributed by atoms with E-state index in [-0.39, 0.29) is 5.91 Å². The van der Waals surface area contributed by atoms with Crippen LogP contribution >= 0.6 is 0 Å². The summed E-state index contributed by atoms with van der Waals surface area (Å²) in [6, 6.07) is 1.27. The van der Waals surface area contributed by atoms with Crippen molar-refractivity contribution in [3.8, 4) is 0 Å². The standard InChI is InChI=1S/C8H13N3O2/c1-5-3-7(13-11-5)4-10-8(12)6(2)9/h3,6H,4,9H2,1-2H3,(H,10,12)/t6-/m0/s1. The zero-order valence-corrected chi connectivity index (χ0v) is 7.70. The Morgan fingerprint density at radius 2 is 2.54 bits per heavy atom. The number of hydrogen-bond acceptors (Lipinski definition) is 4. The SMILES string of the molecule is Cc1cc(CNC(=O)[C@H](C)N)on1. The van der Waals surface area contributed by atoms with Crippen molar-refractivity contribution in [3.63, 3.8) is 0 Å². The van der Waals surface area contributed by atoms with Crippen molar-refractivity contribution in [1.82, 2.24) is 10.5 Å². The summed E-state index contributed by atoms with van der Waals surface area (Å²) in [5.74, 6) is 0.431. The highest BCUT2D eigenvalue weighted by atomic mass is 16.5. The molecule has 0 fully saturated rings. The van der Waals surface area contributed by atoms with Gasteiger partial charge in [-0.15, -0.1) is 0 Å². The molecule has 0 radical (unpaired) electrons. The minimum Gasteiger partial charge on any atom is -0.359 e. The third-order valence-electron chi connectivity index (χ3n) is 1.53. The fourth-order valence-electron chi connectivity index (χ4n) is 0.835. The van der Waals surface area contributed by atoms with Gasteiger partial charge >= 0.3 is 0 Å². The van der Waals surface area contributed by atoms with Gasteiger partial charge < -0.3 is 15.6 Å². The molecule has 13 heavy (non-hydrogen) atoms. The number of amides is 1. The van der Waals surface area contributed by atoms with Crippen LogP contribution in [0.2, 0.25) is 0 Å². The average Bonchev–Trinajstić information content (AvgIpc) is 2.47. The fraction of sp³-hybridized carbons (Fsp3) is 0.500. The average molecular weight is 183 g/mol. The predicted octanol–water partition coefficient (Wildman–Crippen LogP) is -0.0536. The maximum atomic E-state index is 11.0. The van der Waals surface area contributed by atoms with E-state index in [1.165, 1.54) is 0 Å². The van der Waals surface area contributed by atoms with E-state index < -0.39 is 6.04 Å². The number of carbonyl (C=O) groups is 1. The van der Waals surface area contributed by atoms with Gasteiger partial charge in [0.2, 0.25) is 5.91 Å². The third kappa shape index (κ3) is 2.87. The normalized spacial score (nSPS) is 12.5. The van der Waals surface area contributed by atoms with Crippen molar-refractivity contribution in [3.05, 3.63) is 17.5 Å². The number of carbonyl (C=O) groups excluding carboxylic acids is 1. The van der Waals surface area contributed by atoms with Crippen molar-refractivity contribution in [2.24, 2.45) is 5.73 Å². The van der Waals surface area contributed by atoms with Crippen LogP contribution < -0.4 is 11.1 Å². The van der Waals surface area contributed by atoms with Crippen molar-refractivity contribution >= 4 is 5.91 Å². The quantitative estimate of drug-likeness (QED) is 0.688. The molecule has 0 aliphatic carbocycles. The first-order chi connectivity index (χ1) is 6.09. The smallest absolute Gasteiger partial charge is 0.237 e. The Bertz CT molecular complexity index is 293. The van der Waals surface area contributed by atoms with Gasteiger partial charge in [-0.1, -0.05) is 5.16 Å². The van der Waals surface area contributed by atoms with Crippen LogP contribution in [0, 0.1) is 6.92 Å². The lowest BCUT2D eigenvalue weighted by molar-refractivity contribution is -0.122. The van der Waals surface area contributed by atoms with Crippen LogP contribution in [0.15, 0.2) is 10.6 Å². The zero-order chi connectivity index (χ0) is 9.84. The van der Waals surface area contributed by atoms with Gasteiger partial charge in [-0.25, -0.2) is 0 Å². The van der Waals surface area contributed by atoms with E-state index in [1.807, 2.05) is 6.92 Å². The first kappa shape index (κ1) is 9.73. The Morgan fingerprint density at radius 1 is 1.85 bits per heavy atom. The van der Waals surface area contributed by atoms with Crippen LogP contribution in [0.25, 0.3) is 0 Å². The highest BCUT2D eigenvalue weighted by molar-refractivity contribution is 5.80. The molecule has 72 valence electrons. The van der Waals surface area contributed by atoms with Gasteiger partial charge in [0.1, 0.15) is 0 Å². The second kappa shape index (κ2) is 4.04. The van der Waals surface area contributed by atoms with E-state index >= 15 is 0 Å². The summed E-state index contributed by atoms with van der Waals surface area (Å²) in [6.07, 6.45) is 0. The second-order valence-corrected chi connectivity index (χ2v) is 2.94. The van der Waals surface area contributed by atoms with Crippen molar-refractivity contribution in [1.29, 1.82) is 0 Å². The van der Waals surface area contributed by atoms with Crippen LogP contribution in [0.5, 0.6) is 0 Å². The number of rotatable bonds is 3. The maximum Gasteiger partial charge on any atom is 0.237 e. The third-order valence-corrected chi connectivity index (χ3v) is 1.53. The summed E-state index contributed by atoms with van der Waals surface area (Å²) in [5, 5.41) is 6.30. The van der Waals surface area contributed by atoms with Gasteiger partial charge in [0.05, 0.1) is 18.3 Å². The summed E-state index contributed by atoms with van der Waals surface area (Å²) < 4.78 is 4.89. The molecule has 5 heteroatoms. The largest absolute Gasteiger partial charge is 0.359 e. The van der Waals surface area contributed by atoms with Gasteiger partial charge in [-0.2, -0.15) is 0 Å². The number of aromatic nitrogens is 1. The number of hydrogen-bond donors (Lipinski definition) is 2. The number of nitrogens with two attached hydrogens (primary N) is 1. The van der Waals surface area contributed by atoms with Crippen molar-refractivity contribution in [2.75, 3.05) is 0 Å². The molecule has 0 saturated heterocycles. The van der Waals surface area contributed by atoms with Gasteiger partial charge in [0.15, 0.2) is 5.76 Å². The Kier molecular flexibility index (Phi) is 3.02. The second-order valence-electron chi connectivity index (χ2n) is 2.94. The molecule has 1 aromatic rings. The fourth-order valence-corrected chi connectivity index (χ4v) is 0.835. The molecule has 0 saturated carbocycles. The van der Waals surface area contributed by atoms with Crippen LogP contribution in [-0.4, -0.2) is 17.1 Å². The molecule has 1 atom stereocenters. The first-order valence-corrected chi connectivity index (χ1v) is 4.05. The van der Waals surface area contributed by atoms with E-state index in [0.717, 1.165) is 5.69 Å². The molecule has 5 nitrogen and oxygen atoms in total. The lowest BCUT2D eigenvalue weighted by Crippen LogP contribution is -2.37. The molecule has 3 N–H and O–H groups in total. The lowest BCUT2D eigenvalue weighted by atomic mass is 10.3. The Labute approximate surface area is 76.3 Å². The summed E-state index contributed by atoms with van der Waals surface area (Å²) in [4.78, 5) is 11.0. The lowest BCUT2D eigenvalue weighted by Gasteiger charge is -2.04. The molecule has 1 rings (SSSR count). The summed E-state index contributed by atoms with van der Waals surface area (Å²) in [5.41, 5.74) is 6.14. The molecule has 0 spiro atoms. The molecule has 1 heterocycles. The minimum absolute atomic E-state index is 0.200. The maximum absolute atomic E-state index is 11.0. The van der Waals surface area contributed by atoms with Crippen LogP contribution in [0.1, 0.15) is 18.4 Å².